The van der Waals surface area contributed by atoms with Gasteiger partial charge in [-0.2, -0.15) is 5.26 Å². The predicted molar refractivity (Wildman–Crippen MR) is 65.7 cm³/mol. The summed E-state index contributed by atoms with van der Waals surface area (Å²) in [5, 5.41) is 22.6. The first-order valence-electron chi connectivity index (χ1n) is 5.14. The molecule has 1 rings (SSSR count). The third kappa shape index (κ3) is 3.31. The Hall–Kier alpha value is -2.35. The molecular formula is C12H13N3O2. The highest BCUT2D eigenvalue weighted by Crippen LogP contribution is 2.22. The van der Waals surface area contributed by atoms with E-state index in [2.05, 4.69) is 11.9 Å². The van der Waals surface area contributed by atoms with Crippen molar-refractivity contribution in [3.05, 3.63) is 46.5 Å². The summed E-state index contributed by atoms with van der Waals surface area (Å²) in [4.78, 5) is 10.1. The zero-order valence-corrected chi connectivity index (χ0v) is 9.51. The topological polar surface area (TPSA) is 79.0 Å². The van der Waals surface area contributed by atoms with Crippen LogP contribution in [-0.4, -0.2) is 11.0 Å². The first-order valence-corrected chi connectivity index (χ1v) is 5.14. The van der Waals surface area contributed by atoms with Crippen molar-refractivity contribution < 1.29 is 4.92 Å². The minimum absolute atomic E-state index is 0.0801. The van der Waals surface area contributed by atoms with E-state index in [1.165, 1.54) is 12.1 Å². The molecule has 0 aliphatic carbocycles. The number of nitro benzene ring substituents is 1. The second-order valence-corrected chi connectivity index (χ2v) is 3.67. The van der Waals surface area contributed by atoms with Crippen LogP contribution in [-0.2, 0) is 0 Å². The van der Waals surface area contributed by atoms with Crippen LogP contribution in [0, 0.1) is 21.4 Å². The van der Waals surface area contributed by atoms with Crippen LogP contribution in [0.5, 0.6) is 0 Å². The molecular weight excluding hydrogens is 218 g/mol. The van der Waals surface area contributed by atoms with Gasteiger partial charge < -0.3 is 5.32 Å². The summed E-state index contributed by atoms with van der Waals surface area (Å²) >= 11 is 0. The van der Waals surface area contributed by atoms with Gasteiger partial charge in [-0.1, -0.05) is 6.08 Å². The van der Waals surface area contributed by atoms with E-state index < -0.39 is 4.92 Å². The summed E-state index contributed by atoms with van der Waals surface area (Å²) in [6.45, 7) is 5.58. The Morgan fingerprint density at radius 3 is 2.94 bits per heavy atom. The summed E-state index contributed by atoms with van der Waals surface area (Å²) in [5.41, 5.74) is 0.797. The summed E-state index contributed by atoms with van der Waals surface area (Å²) in [5.74, 6) is 0. The molecule has 0 aliphatic heterocycles. The van der Waals surface area contributed by atoms with Crippen LogP contribution < -0.4 is 5.32 Å². The fraction of sp³-hybridized carbons (Fsp3) is 0.250. The van der Waals surface area contributed by atoms with Crippen molar-refractivity contribution in [3.8, 4) is 6.07 Å². The van der Waals surface area contributed by atoms with Crippen molar-refractivity contribution in [2.24, 2.45) is 0 Å². The van der Waals surface area contributed by atoms with E-state index in [0.717, 1.165) is 6.42 Å². The van der Waals surface area contributed by atoms with Crippen LogP contribution in [0.4, 0.5) is 11.4 Å². The molecule has 0 radical (unpaired) electrons. The van der Waals surface area contributed by atoms with E-state index in [-0.39, 0.29) is 17.3 Å². The Morgan fingerprint density at radius 1 is 1.71 bits per heavy atom. The first-order chi connectivity index (χ1) is 8.08. The number of non-ortho nitro benzene ring substituents is 1. The first kappa shape index (κ1) is 12.7. The lowest BCUT2D eigenvalue weighted by Gasteiger charge is -2.14. The molecule has 0 spiro atoms. The molecule has 0 aliphatic rings. The van der Waals surface area contributed by atoms with Crippen molar-refractivity contribution in [2.45, 2.75) is 19.4 Å². The van der Waals surface area contributed by atoms with Crippen molar-refractivity contribution >= 4 is 11.4 Å². The average molecular weight is 231 g/mol. The molecule has 0 saturated heterocycles. The summed E-state index contributed by atoms with van der Waals surface area (Å²) < 4.78 is 0. The van der Waals surface area contributed by atoms with Gasteiger partial charge >= 0.3 is 0 Å². The summed E-state index contributed by atoms with van der Waals surface area (Å²) in [6, 6.07) is 6.27. The molecule has 1 unspecified atom stereocenters. The minimum atomic E-state index is -0.516. The number of benzene rings is 1. The SMILES string of the molecule is C=CCC(C)Nc1ccc([N+](=O)[O-])cc1C#N. The van der Waals surface area contributed by atoms with Crippen LogP contribution in [0.1, 0.15) is 18.9 Å². The molecule has 1 aromatic carbocycles. The van der Waals surface area contributed by atoms with Crippen molar-refractivity contribution in [1.29, 1.82) is 5.26 Å². The highest BCUT2D eigenvalue weighted by Gasteiger charge is 2.11. The molecule has 0 aromatic heterocycles. The fourth-order valence-corrected chi connectivity index (χ4v) is 1.44. The molecule has 1 aromatic rings. The maximum atomic E-state index is 10.6. The van der Waals surface area contributed by atoms with E-state index in [4.69, 9.17) is 5.26 Å². The molecule has 5 nitrogen and oxygen atoms in total. The lowest BCUT2D eigenvalue weighted by Crippen LogP contribution is -2.14. The van der Waals surface area contributed by atoms with Crippen LogP contribution in [0.15, 0.2) is 30.9 Å². The standard InChI is InChI=1S/C12H13N3O2/c1-3-4-9(2)14-12-6-5-11(15(16)17)7-10(12)8-13/h3,5-7,9,14H,1,4H2,2H3. The van der Waals surface area contributed by atoms with Gasteiger partial charge in [0.15, 0.2) is 0 Å². The molecule has 1 atom stereocenters. The van der Waals surface area contributed by atoms with Gasteiger partial charge in [-0.25, -0.2) is 0 Å². The van der Waals surface area contributed by atoms with Crippen LogP contribution in [0.2, 0.25) is 0 Å². The Balaban J connectivity index is 2.97. The third-order valence-corrected chi connectivity index (χ3v) is 2.26. The van der Waals surface area contributed by atoms with E-state index in [1.807, 2.05) is 13.0 Å². The molecule has 0 saturated carbocycles. The van der Waals surface area contributed by atoms with E-state index >= 15 is 0 Å². The van der Waals surface area contributed by atoms with Crippen LogP contribution in [0.25, 0.3) is 0 Å². The Bertz CT molecular complexity index is 477. The normalized spacial score (nSPS) is 11.3. The quantitative estimate of drug-likeness (QED) is 0.480. The largest absolute Gasteiger partial charge is 0.381 e. The Morgan fingerprint density at radius 2 is 2.41 bits per heavy atom. The Kier molecular flexibility index (Phi) is 4.23. The molecule has 88 valence electrons. The van der Waals surface area contributed by atoms with Gasteiger partial charge in [0.05, 0.1) is 16.2 Å². The second-order valence-electron chi connectivity index (χ2n) is 3.67. The van der Waals surface area contributed by atoms with Gasteiger partial charge in [0.25, 0.3) is 5.69 Å². The van der Waals surface area contributed by atoms with E-state index in [9.17, 15) is 10.1 Å². The summed E-state index contributed by atoms with van der Waals surface area (Å²) in [7, 11) is 0. The lowest BCUT2D eigenvalue weighted by atomic mass is 10.1. The maximum absolute atomic E-state index is 10.6. The van der Waals surface area contributed by atoms with Crippen LogP contribution >= 0.6 is 0 Å². The lowest BCUT2D eigenvalue weighted by molar-refractivity contribution is -0.384. The van der Waals surface area contributed by atoms with Gasteiger partial charge in [0, 0.05) is 18.2 Å². The van der Waals surface area contributed by atoms with Crippen molar-refractivity contribution in [2.75, 3.05) is 5.32 Å². The number of hydrogen-bond donors (Lipinski definition) is 1. The molecule has 0 amide bonds. The monoisotopic (exact) mass is 231 g/mol. The van der Waals surface area contributed by atoms with Gasteiger partial charge in [-0.15, -0.1) is 6.58 Å². The molecule has 5 heteroatoms. The van der Waals surface area contributed by atoms with Crippen molar-refractivity contribution in [1.82, 2.24) is 0 Å². The van der Waals surface area contributed by atoms with Gasteiger partial charge in [0.2, 0.25) is 0 Å². The predicted octanol–water partition coefficient (Wildman–Crippen LogP) is 2.84. The molecule has 0 fully saturated rings. The smallest absolute Gasteiger partial charge is 0.270 e. The number of nitrogens with zero attached hydrogens (tertiary/aromatic N) is 2. The van der Waals surface area contributed by atoms with Crippen molar-refractivity contribution in [3.63, 3.8) is 0 Å². The second kappa shape index (κ2) is 5.66. The Labute approximate surface area is 99.5 Å². The number of nitriles is 1. The number of rotatable bonds is 5. The van der Waals surface area contributed by atoms with Gasteiger partial charge in [-0.05, 0) is 19.4 Å². The molecule has 17 heavy (non-hydrogen) atoms. The van der Waals surface area contributed by atoms with Gasteiger partial charge in [0.1, 0.15) is 6.07 Å². The van der Waals surface area contributed by atoms with E-state index in [0.29, 0.717) is 5.69 Å². The molecule has 0 bridgehead atoms. The minimum Gasteiger partial charge on any atom is -0.381 e. The number of nitrogens with one attached hydrogen (secondary N) is 1. The summed E-state index contributed by atoms with van der Waals surface area (Å²) in [6.07, 6.45) is 2.52. The molecule has 0 heterocycles. The number of nitro groups is 1. The average Bonchev–Trinajstić information content (AvgIpc) is 2.29. The highest BCUT2D eigenvalue weighted by atomic mass is 16.6. The number of hydrogen-bond acceptors (Lipinski definition) is 4. The zero-order valence-electron chi connectivity index (χ0n) is 9.51. The third-order valence-electron chi connectivity index (χ3n) is 2.26. The molecule has 1 N–H and O–H groups in total. The van der Waals surface area contributed by atoms with E-state index in [1.54, 1.807) is 12.1 Å². The fourth-order valence-electron chi connectivity index (χ4n) is 1.44. The number of anilines is 1. The highest BCUT2D eigenvalue weighted by molar-refractivity contribution is 5.61. The van der Waals surface area contributed by atoms with Crippen LogP contribution in [0.3, 0.4) is 0 Å². The zero-order chi connectivity index (χ0) is 12.8. The maximum Gasteiger partial charge on any atom is 0.270 e. The van der Waals surface area contributed by atoms with Gasteiger partial charge in [-0.3, -0.25) is 10.1 Å².